The van der Waals surface area contributed by atoms with Crippen LogP contribution in [0.5, 0.6) is 0 Å². The Hall–Kier alpha value is -1.45. The van der Waals surface area contributed by atoms with Gasteiger partial charge in [-0.05, 0) is 18.1 Å². The van der Waals surface area contributed by atoms with Crippen LogP contribution in [0.3, 0.4) is 0 Å². The van der Waals surface area contributed by atoms with E-state index < -0.39 is 5.79 Å². The molecule has 0 unspecified atom stereocenters. The van der Waals surface area contributed by atoms with Gasteiger partial charge >= 0.3 is 0 Å². The van der Waals surface area contributed by atoms with Gasteiger partial charge in [-0.25, -0.2) is 0 Å². The number of hydrogen-bond acceptors (Lipinski definition) is 3. The Morgan fingerprint density at radius 3 is 2.44 bits per heavy atom. The summed E-state index contributed by atoms with van der Waals surface area (Å²) >= 11 is 0. The molecule has 18 heavy (non-hydrogen) atoms. The van der Waals surface area contributed by atoms with Crippen LogP contribution in [0.25, 0.3) is 6.08 Å². The zero-order valence-corrected chi connectivity index (χ0v) is 10.8. The highest BCUT2D eigenvalue weighted by Gasteiger charge is 2.41. The quantitative estimate of drug-likeness (QED) is 0.607. The first kappa shape index (κ1) is 13.0. The number of carbonyl (C=O) groups is 1. The van der Waals surface area contributed by atoms with Crippen molar-refractivity contribution in [2.45, 2.75) is 25.0 Å². The first-order valence-corrected chi connectivity index (χ1v) is 6.12. The van der Waals surface area contributed by atoms with Crippen molar-refractivity contribution in [2.24, 2.45) is 0 Å². The molecule has 1 aliphatic carbocycles. The highest BCUT2D eigenvalue weighted by atomic mass is 16.7. The second-order valence-corrected chi connectivity index (χ2v) is 4.41. The molecule has 0 radical (unpaired) electrons. The zero-order chi connectivity index (χ0) is 13.0. The third kappa shape index (κ3) is 2.37. The summed E-state index contributed by atoms with van der Waals surface area (Å²) in [5.74, 6) is -0.778. The molecule has 0 aromatic heterocycles. The predicted octanol–water partition coefficient (Wildman–Crippen LogP) is 2.81. The molecule has 0 atom stereocenters. The molecule has 2 rings (SSSR count). The molecule has 0 aliphatic heterocycles. The van der Waals surface area contributed by atoms with E-state index in [0.717, 1.165) is 12.0 Å². The Morgan fingerprint density at radius 1 is 1.17 bits per heavy atom. The molecule has 1 aromatic carbocycles. The lowest BCUT2D eigenvalue weighted by Gasteiger charge is -2.36. The van der Waals surface area contributed by atoms with Crippen LogP contribution in [-0.2, 0) is 14.3 Å². The largest absolute Gasteiger partial charge is 0.349 e. The molecule has 3 nitrogen and oxygen atoms in total. The van der Waals surface area contributed by atoms with Crippen molar-refractivity contribution in [1.29, 1.82) is 0 Å². The second-order valence-electron chi connectivity index (χ2n) is 4.41. The number of ether oxygens (including phenoxy) is 2. The minimum absolute atomic E-state index is 0.105. The van der Waals surface area contributed by atoms with Gasteiger partial charge in [0.2, 0.25) is 0 Å². The maximum atomic E-state index is 12.1. The molecule has 1 aromatic rings. The fourth-order valence-corrected chi connectivity index (χ4v) is 2.38. The number of Topliss-reactive ketones (excluding diaryl/α,β-unsaturated/α-hetero) is 1. The monoisotopic (exact) mass is 246 g/mol. The average Bonchev–Trinajstić information content (AvgIpc) is 2.42. The summed E-state index contributed by atoms with van der Waals surface area (Å²) in [6.07, 6.45) is 3.94. The lowest BCUT2D eigenvalue weighted by Crippen LogP contribution is -2.42. The van der Waals surface area contributed by atoms with E-state index in [1.165, 1.54) is 0 Å². The van der Waals surface area contributed by atoms with Crippen molar-refractivity contribution in [3.63, 3.8) is 0 Å². The molecule has 96 valence electrons. The Kier molecular flexibility index (Phi) is 3.94. The van der Waals surface area contributed by atoms with Gasteiger partial charge in [0.15, 0.2) is 11.6 Å². The zero-order valence-electron chi connectivity index (χ0n) is 10.8. The third-order valence-corrected chi connectivity index (χ3v) is 3.39. The van der Waals surface area contributed by atoms with E-state index in [-0.39, 0.29) is 5.78 Å². The van der Waals surface area contributed by atoms with Gasteiger partial charge in [-0.2, -0.15) is 0 Å². The van der Waals surface area contributed by atoms with Crippen molar-refractivity contribution in [1.82, 2.24) is 0 Å². The van der Waals surface area contributed by atoms with Gasteiger partial charge < -0.3 is 9.47 Å². The smallest absolute Gasteiger partial charge is 0.197 e. The lowest BCUT2D eigenvalue weighted by atomic mass is 9.86. The molecule has 0 bridgehead atoms. The lowest BCUT2D eigenvalue weighted by molar-refractivity contribution is -0.190. The van der Waals surface area contributed by atoms with Crippen LogP contribution >= 0.6 is 0 Å². The summed E-state index contributed by atoms with van der Waals surface area (Å²) in [5, 5.41) is 0. The van der Waals surface area contributed by atoms with Gasteiger partial charge in [0.25, 0.3) is 0 Å². The number of hydrogen-bond donors (Lipinski definition) is 0. The Balaban J connectivity index is 2.42. The number of methoxy groups -OCH3 is 2. The molecule has 0 N–H and O–H groups in total. The summed E-state index contributed by atoms with van der Waals surface area (Å²) < 4.78 is 10.9. The van der Waals surface area contributed by atoms with Gasteiger partial charge in [-0.15, -0.1) is 0 Å². The van der Waals surface area contributed by atoms with Crippen molar-refractivity contribution < 1.29 is 14.3 Å². The van der Waals surface area contributed by atoms with Crippen LogP contribution in [0.4, 0.5) is 0 Å². The summed E-state index contributed by atoms with van der Waals surface area (Å²) in [4.78, 5) is 12.1. The number of rotatable bonds is 3. The number of ketones is 1. The van der Waals surface area contributed by atoms with Crippen molar-refractivity contribution >= 4 is 11.9 Å². The molecule has 1 fully saturated rings. The molecule has 3 heteroatoms. The molecular formula is C15H18O3. The van der Waals surface area contributed by atoms with Gasteiger partial charge in [-0.1, -0.05) is 30.3 Å². The second kappa shape index (κ2) is 5.46. The van der Waals surface area contributed by atoms with Gasteiger partial charge in [-0.3, -0.25) is 4.79 Å². The third-order valence-electron chi connectivity index (χ3n) is 3.39. The van der Waals surface area contributed by atoms with Crippen LogP contribution < -0.4 is 0 Å². The minimum Gasteiger partial charge on any atom is -0.349 e. The highest BCUT2D eigenvalue weighted by molar-refractivity contribution is 6.01. The summed E-state index contributed by atoms with van der Waals surface area (Å²) in [7, 11) is 3.17. The van der Waals surface area contributed by atoms with Crippen molar-refractivity contribution in [3.05, 3.63) is 41.5 Å². The number of carbonyl (C=O) groups excluding carboxylic acids is 1. The fraction of sp³-hybridized carbons (Fsp3) is 0.400. The average molecular weight is 246 g/mol. The van der Waals surface area contributed by atoms with Crippen molar-refractivity contribution in [3.8, 4) is 0 Å². The van der Waals surface area contributed by atoms with Crippen LogP contribution in [0.2, 0.25) is 0 Å². The van der Waals surface area contributed by atoms with E-state index in [1.54, 1.807) is 14.2 Å². The predicted molar refractivity (Wildman–Crippen MR) is 70.0 cm³/mol. The Morgan fingerprint density at radius 2 is 1.83 bits per heavy atom. The fourth-order valence-electron chi connectivity index (χ4n) is 2.38. The summed E-state index contributed by atoms with van der Waals surface area (Å²) in [6, 6.07) is 9.77. The van der Waals surface area contributed by atoms with E-state index in [2.05, 4.69) is 0 Å². The molecule has 0 saturated heterocycles. The van der Waals surface area contributed by atoms with Crippen LogP contribution in [0.1, 0.15) is 24.8 Å². The first-order valence-electron chi connectivity index (χ1n) is 6.12. The maximum absolute atomic E-state index is 12.1. The van der Waals surface area contributed by atoms with Gasteiger partial charge in [0.1, 0.15) is 0 Å². The molecule has 0 spiro atoms. The van der Waals surface area contributed by atoms with E-state index in [1.807, 2.05) is 36.4 Å². The van der Waals surface area contributed by atoms with E-state index in [4.69, 9.17) is 9.47 Å². The standard InChI is InChI=1S/C15H18O3/c1-17-15(18-2)10-6-9-14(16)13(15)11-12-7-4-3-5-8-12/h3-5,7-8,11H,6,9-10H2,1-2H3. The molecule has 0 heterocycles. The van der Waals surface area contributed by atoms with Crippen LogP contribution in [-0.4, -0.2) is 25.8 Å². The van der Waals surface area contributed by atoms with Gasteiger partial charge in [0, 0.05) is 27.1 Å². The molecule has 1 saturated carbocycles. The highest BCUT2D eigenvalue weighted by Crippen LogP contribution is 2.35. The van der Waals surface area contributed by atoms with E-state index in [9.17, 15) is 4.79 Å². The summed E-state index contributed by atoms with van der Waals surface area (Å²) in [5.41, 5.74) is 1.60. The van der Waals surface area contributed by atoms with Crippen LogP contribution in [0.15, 0.2) is 35.9 Å². The van der Waals surface area contributed by atoms with Crippen molar-refractivity contribution in [2.75, 3.05) is 14.2 Å². The molecule has 0 amide bonds. The van der Waals surface area contributed by atoms with E-state index >= 15 is 0 Å². The van der Waals surface area contributed by atoms with E-state index in [0.29, 0.717) is 18.4 Å². The van der Waals surface area contributed by atoms with Gasteiger partial charge in [0.05, 0.1) is 5.57 Å². The van der Waals surface area contributed by atoms with Crippen LogP contribution in [0, 0.1) is 0 Å². The first-order chi connectivity index (χ1) is 8.72. The Labute approximate surface area is 107 Å². The SMILES string of the molecule is COC1(OC)CCCC(=O)C1=Cc1ccccc1. The topological polar surface area (TPSA) is 35.5 Å². The summed E-state index contributed by atoms with van der Waals surface area (Å²) in [6.45, 7) is 0. The molecule has 1 aliphatic rings. The number of benzene rings is 1. The normalized spacial score (nSPS) is 21.2. The minimum atomic E-state index is -0.884. The maximum Gasteiger partial charge on any atom is 0.197 e. The molecular weight excluding hydrogens is 228 g/mol. The Bertz CT molecular complexity index is 444.